The van der Waals surface area contributed by atoms with Crippen LogP contribution in [0.3, 0.4) is 0 Å². The third kappa shape index (κ3) is 5.82. The number of para-hydroxylation sites is 1. The van der Waals surface area contributed by atoms with E-state index < -0.39 is 0 Å². The van der Waals surface area contributed by atoms with Crippen molar-refractivity contribution in [3.8, 4) is 5.75 Å². The summed E-state index contributed by atoms with van der Waals surface area (Å²) in [6, 6.07) is 15.2. The highest BCUT2D eigenvalue weighted by atomic mass is 32.1. The Balaban J connectivity index is 1.47. The normalized spacial score (nSPS) is 11.9. The first-order valence-corrected chi connectivity index (χ1v) is 11.1. The molecule has 0 aliphatic rings. The molecule has 1 amide bonds. The van der Waals surface area contributed by atoms with Crippen molar-refractivity contribution >= 4 is 29.0 Å². The van der Waals surface area contributed by atoms with Crippen LogP contribution in [0.4, 0.5) is 0 Å². The molecule has 0 aliphatic carbocycles. The number of carbonyl (C=O) groups is 1. The molecule has 0 fully saturated rings. The molecule has 0 saturated carbocycles. The van der Waals surface area contributed by atoms with Crippen LogP contribution < -0.4 is 15.6 Å². The lowest BCUT2D eigenvalue weighted by Gasteiger charge is -2.18. The number of ether oxygens (including phenoxy) is 1. The Bertz CT molecular complexity index is 1140. The van der Waals surface area contributed by atoms with Gasteiger partial charge in [0.2, 0.25) is 5.91 Å². The van der Waals surface area contributed by atoms with Gasteiger partial charge in [0, 0.05) is 13.0 Å². The van der Waals surface area contributed by atoms with Gasteiger partial charge in [-0.3, -0.25) is 14.2 Å². The number of hydrogen-bond donors (Lipinski definition) is 2. The molecule has 2 N–H and O–H groups in total. The summed E-state index contributed by atoms with van der Waals surface area (Å²) in [5.41, 5.74) is 1.76. The van der Waals surface area contributed by atoms with E-state index >= 15 is 0 Å². The van der Waals surface area contributed by atoms with Crippen molar-refractivity contribution in [3.63, 3.8) is 0 Å². The van der Waals surface area contributed by atoms with Gasteiger partial charge in [-0.15, -0.1) is 0 Å². The van der Waals surface area contributed by atoms with Crippen LogP contribution in [0.2, 0.25) is 0 Å². The van der Waals surface area contributed by atoms with Gasteiger partial charge < -0.3 is 15.0 Å². The second-order valence-electron chi connectivity index (χ2n) is 7.54. The Labute approximate surface area is 187 Å². The summed E-state index contributed by atoms with van der Waals surface area (Å²) < 4.78 is 7.23. The van der Waals surface area contributed by atoms with Crippen molar-refractivity contribution in [2.45, 2.75) is 51.6 Å². The molecular formula is C24H29N3O3S. The minimum Gasteiger partial charge on any atom is -0.497 e. The maximum Gasteiger partial charge on any atom is 0.262 e. The van der Waals surface area contributed by atoms with Crippen molar-refractivity contribution in [1.29, 1.82) is 0 Å². The van der Waals surface area contributed by atoms with Crippen molar-refractivity contribution in [1.82, 2.24) is 14.9 Å². The second-order valence-corrected chi connectivity index (χ2v) is 7.93. The molecular weight excluding hydrogens is 410 g/mol. The molecule has 164 valence electrons. The molecule has 0 unspecified atom stereocenters. The van der Waals surface area contributed by atoms with Crippen LogP contribution in [0, 0.1) is 4.77 Å². The fourth-order valence-corrected chi connectivity index (χ4v) is 3.94. The molecule has 2 aromatic carbocycles. The van der Waals surface area contributed by atoms with Gasteiger partial charge in [-0.2, -0.15) is 0 Å². The Hall–Kier alpha value is -2.93. The number of nitrogens with one attached hydrogen (secondary N) is 2. The van der Waals surface area contributed by atoms with Gasteiger partial charge in [-0.1, -0.05) is 37.6 Å². The van der Waals surface area contributed by atoms with E-state index in [-0.39, 0.29) is 17.5 Å². The fourth-order valence-electron chi connectivity index (χ4n) is 3.66. The van der Waals surface area contributed by atoms with Gasteiger partial charge in [-0.05, 0) is 61.3 Å². The zero-order valence-electron chi connectivity index (χ0n) is 18.0. The number of amides is 1. The SMILES string of the molecule is CC[C@H](NC(=O)CCCCCn1c(=S)[nH]c2ccccc2c1=O)c1ccc(OC)cc1. The van der Waals surface area contributed by atoms with Crippen LogP contribution in [0.1, 0.15) is 50.6 Å². The van der Waals surface area contributed by atoms with Crippen LogP contribution in [0.5, 0.6) is 5.75 Å². The van der Waals surface area contributed by atoms with E-state index in [0.29, 0.717) is 23.1 Å². The Morgan fingerprint density at radius 3 is 2.58 bits per heavy atom. The van der Waals surface area contributed by atoms with Crippen molar-refractivity contribution in [3.05, 3.63) is 69.2 Å². The van der Waals surface area contributed by atoms with Gasteiger partial charge in [0.1, 0.15) is 5.75 Å². The molecule has 0 aliphatic heterocycles. The van der Waals surface area contributed by atoms with Gasteiger partial charge in [0.15, 0.2) is 4.77 Å². The van der Waals surface area contributed by atoms with E-state index in [0.717, 1.165) is 42.5 Å². The number of hydrogen-bond acceptors (Lipinski definition) is 4. The standard InChI is InChI=1S/C24H29N3O3S/c1-3-20(17-12-14-18(30-2)15-13-17)25-22(28)11-5-4-8-16-27-23(29)19-9-6-7-10-21(19)26-24(27)31/h6-7,9-10,12-15,20H,3-5,8,11,16H2,1-2H3,(H,25,28)(H,26,31)/t20-/m0/s1. The van der Waals surface area contributed by atoms with Crippen molar-refractivity contribution in [2.24, 2.45) is 0 Å². The zero-order valence-corrected chi connectivity index (χ0v) is 18.8. The Morgan fingerprint density at radius 2 is 1.87 bits per heavy atom. The third-order valence-electron chi connectivity index (χ3n) is 5.44. The van der Waals surface area contributed by atoms with Crippen LogP contribution >= 0.6 is 12.2 Å². The highest BCUT2D eigenvalue weighted by Gasteiger charge is 2.13. The zero-order chi connectivity index (χ0) is 22.2. The van der Waals surface area contributed by atoms with Gasteiger partial charge in [0.05, 0.1) is 24.1 Å². The lowest BCUT2D eigenvalue weighted by Crippen LogP contribution is -2.27. The quantitative estimate of drug-likeness (QED) is 0.348. The molecule has 1 heterocycles. The number of unbranched alkanes of at least 4 members (excludes halogenated alkanes) is 2. The molecule has 0 radical (unpaired) electrons. The first-order valence-electron chi connectivity index (χ1n) is 10.7. The van der Waals surface area contributed by atoms with Crippen molar-refractivity contribution in [2.75, 3.05) is 7.11 Å². The van der Waals surface area contributed by atoms with E-state index in [1.807, 2.05) is 42.5 Å². The summed E-state index contributed by atoms with van der Waals surface area (Å²) in [5.74, 6) is 0.845. The number of methoxy groups -OCH3 is 1. The molecule has 0 saturated heterocycles. The summed E-state index contributed by atoms with van der Waals surface area (Å²) in [7, 11) is 1.64. The number of rotatable bonds is 10. The van der Waals surface area contributed by atoms with Gasteiger partial charge in [0.25, 0.3) is 5.56 Å². The first kappa shape index (κ1) is 22.7. The number of benzene rings is 2. The second kappa shape index (κ2) is 10.9. The molecule has 3 aromatic rings. The van der Waals surface area contributed by atoms with Crippen LogP contribution in [-0.4, -0.2) is 22.6 Å². The maximum atomic E-state index is 12.7. The Kier molecular flexibility index (Phi) is 8.00. The smallest absolute Gasteiger partial charge is 0.262 e. The average molecular weight is 440 g/mol. The van der Waals surface area contributed by atoms with Gasteiger partial charge in [-0.25, -0.2) is 0 Å². The van der Waals surface area contributed by atoms with Crippen LogP contribution in [0.25, 0.3) is 10.9 Å². The number of H-pyrrole nitrogens is 1. The number of aromatic nitrogens is 2. The number of carbonyl (C=O) groups excluding carboxylic acids is 1. The monoisotopic (exact) mass is 439 g/mol. The summed E-state index contributed by atoms with van der Waals surface area (Å²) >= 11 is 5.34. The van der Waals surface area contributed by atoms with Crippen LogP contribution in [-0.2, 0) is 11.3 Å². The molecule has 31 heavy (non-hydrogen) atoms. The lowest BCUT2D eigenvalue weighted by molar-refractivity contribution is -0.122. The lowest BCUT2D eigenvalue weighted by atomic mass is 10.0. The third-order valence-corrected chi connectivity index (χ3v) is 5.76. The van der Waals surface area contributed by atoms with Gasteiger partial charge >= 0.3 is 0 Å². The molecule has 0 bridgehead atoms. The first-order chi connectivity index (χ1) is 15.0. The Morgan fingerprint density at radius 1 is 1.13 bits per heavy atom. The molecule has 3 rings (SSSR count). The maximum absolute atomic E-state index is 12.7. The predicted octanol–water partition coefficient (Wildman–Crippen LogP) is 4.90. The molecule has 0 spiro atoms. The van der Waals surface area contributed by atoms with Crippen molar-refractivity contribution < 1.29 is 9.53 Å². The van der Waals surface area contributed by atoms with E-state index in [1.165, 1.54) is 0 Å². The summed E-state index contributed by atoms with van der Waals surface area (Å²) in [4.78, 5) is 28.2. The average Bonchev–Trinajstić information content (AvgIpc) is 2.79. The minimum atomic E-state index is -0.0672. The molecule has 6 nitrogen and oxygen atoms in total. The van der Waals surface area contributed by atoms with E-state index in [9.17, 15) is 9.59 Å². The highest BCUT2D eigenvalue weighted by molar-refractivity contribution is 7.71. The molecule has 1 atom stereocenters. The summed E-state index contributed by atoms with van der Waals surface area (Å²) in [5, 5.41) is 3.75. The molecule has 1 aromatic heterocycles. The topological polar surface area (TPSA) is 76.1 Å². The van der Waals surface area contributed by atoms with E-state index in [4.69, 9.17) is 17.0 Å². The van der Waals surface area contributed by atoms with E-state index in [1.54, 1.807) is 17.7 Å². The summed E-state index contributed by atoms with van der Waals surface area (Å²) in [6.07, 6.45) is 3.69. The number of fused-ring (bicyclic) bond motifs is 1. The van der Waals surface area contributed by atoms with E-state index in [2.05, 4.69) is 17.2 Å². The largest absolute Gasteiger partial charge is 0.497 e. The highest BCUT2D eigenvalue weighted by Crippen LogP contribution is 2.20. The number of nitrogens with zero attached hydrogens (tertiary/aromatic N) is 1. The predicted molar refractivity (Wildman–Crippen MR) is 126 cm³/mol. The fraction of sp³-hybridized carbons (Fsp3) is 0.375. The minimum absolute atomic E-state index is 0.00658. The molecule has 7 heteroatoms. The number of aromatic amines is 1. The van der Waals surface area contributed by atoms with Crippen LogP contribution in [0.15, 0.2) is 53.3 Å². The summed E-state index contributed by atoms with van der Waals surface area (Å²) in [6.45, 7) is 2.60.